The number of carbonyl (C=O) groups excluding carboxylic acids is 1. The highest BCUT2D eigenvalue weighted by atomic mass is 16.2. The molecule has 1 aromatic carbocycles. The van der Waals surface area contributed by atoms with Gasteiger partial charge in [-0.05, 0) is 44.2 Å². The molecule has 2 aliphatic rings. The Hall–Kier alpha value is -2.08. The molecule has 2 aromatic rings. The van der Waals surface area contributed by atoms with E-state index >= 15 is 0 Å². The molecular weight excluding hydrogens is 304 g/mol. The van der Waals surface area contributed by atoms with Crippen molar-refractivity contribution in [1.82, 2.24) is 14.5 Å². The Labute approximate surface area is 140 Å². The van der Waals surface area contributed by atoms with Gasteiger partial charge in [-0.1, -0.05) is 12.1 Å². The van der Waals surface area contributed by atoms with Crippen molar-refractivity contribution >= 4 is 16.9 Å². The fourth-order valence-corrected chi connectivity index (χ4v) is 4.28. The number of aromatic nitrogens is 2. The van der Waals surface area contributed by atoms with Crippen LogP contribution in [0.1, 0.15) is 38.1 Å². The molecule has 2 unspecified atom stereocenters. The standard InChI is InChI=1S/C18H24N4O2/c19-13-6-5-12(11-13)17(23)21-9-7-14(8-10-21)22-16-4-2-1-3-15(16)20-18(22)24/h1-4,12-14H,5-11,19H2,(H,20,24). The third kappa shape index (κ3) is 2.65. The molecule has 1 aromatic heterocycles. The van der Waals surface area contributed by atoms with Gasteiger partial charge in [-0.25, -0.2) is 4.79 Å². The van der Waals surface area contributed by atoms with Gasteiger partial charge < -0.3 is 15.6 Å². The maximum atomic E-state index is 12.6. The van der Waals surface area contributed by atoms with Gasteiger partial charge in [0.15, 0.2) is 0 Å². The first-order chi connectivity index (χ1) is 11.6. The van der Waals surface area contributed by atoms with Crippen molar-refractivity contribution in [3.05, 3.63) is 34.7 Å². The van der Waals surface area contributed by atoms with Gasteiger partial charge in [-0.15, -0.1) is 0 Å². The number of piperidine rings is 1. The topological polar surface area (TPSA) is 84.1 Å². The SMILES string of the molecule is NC1CCC(C(=O)N2CCC(n3c(=O)[nH]c4ccccc43)CC2)C1. The first kappa shape index (κ1) is 15.4. The smallest absolute Gasteiger partial charge is 0.326 e. The fraction of sp³-hybridized carbons (Fsp3) is 0.556. The molecule has 1 saturated heterocycles. The van der Waals surface area contributed by atoms with Gasteiger partial charge >= 0.3 is 5.69 Å². The summed E-state index contributed by atoms with van der Waals surface area (Å²) in [6, 6.07) is 8.12. The average molecular weight is 328 g/mol. The number of nitrogens with two attached hydrogens (primary N) is 1. The third-order valence-electron chi connectivity index (χ3n) is 5.59. The zero-order chi connectivity index (χ0) is 16.7. The largest absolute Gasteiger partial charge is 0.342 e. The molecule has 3 N–H and O–H groups in total. The van der Waals surface area contributed by atoms with Gasteiger partial charge in [0.1, 0.15) is 0 Å². The van der Waals surface area contributed by atoms with E-state index in [-0.39, 0.29) is 29.6 Å². The van der Waals surface area contributed by atoms with Gasteiger partial charge in [0, 0.05) is 31.1 Å². The van der Waals surface area contributed by atoms with Crippen LogP contribution < -0.4 is 11.4 Å². The summed E-state index contributed by atoms with van der Waals surface area (Å²) in [5, 5.41) is 0. The average Bonchev–Trinajstić information content (AvgIpc) is 3.17. The second kappa shape index (κ2) is 6.09. The van der Waals surface area contributed by atoms with E-state index in [1.165, 1.54) is 0 Å². The van der Waals surface area contributed by atoms with E-state index in [1.54, 1.807) is 0 Å². The van der Waals surface area contributed by atoms with Crippen molar-refractivity contribution in [3.8, 4) is 0 Å². The van der Waals surface area contributed by atoms with Crippen LogP contribution in [0.15, 0.2) is 29.1 Å². The number of hydrogen-bond donors (Lipinski definition) is 2. The van der Waals surface area contributed by atoms with Crippen LogP contribution in [0.4, 0.5) is 0 Å². The molecule has 0 bridgehead atoms. The number of H-pyrrole nitrogens is 1. The molecule has 128 valence electrons. The minimum absolute atomic E-state index is 0.0530. The van der Waals surface area contributed by atoms with Crippen molar-refractivity contribution in [3.63, 3.8) is 0 Å². The summed E-state index contributed by atoms with van der Waals surface area (Å²) in [7, 11) is 0. The third-order valence-corrected chi connectivity index (χ3v) is 5.59. The van der Waals surface area contributed by atoms with E-state index in [9.17, 15) is 9.59 Å². The highest BCUT2D eigenvalue weighted by Crippen LogP contribution is 2.29. The summed E-state index contributed by atoms with van der Waals surface area (Å²) in [5.41, 5.74) is 7.71. The Morgan fingerprint density at radius 2 is 1.88 bits per heavy atom. The summed E-state index contributed by atoms with van der Waals surface area (Å²) in [5.74, 6) is 0.361. The molecule has 6 heteroatoms. The molecule has 24 heavy (non-hydrogen) atoms. The van der Waals surface area contributed by atoms with Crippen molar-refractivity contribution in [1.29, 1.82) is 0 Å². The Morgan fingerprint density at radius 1 is 1.12 bits per heavy atom. The van der Waals surface area contributed by atoms with Crippen LogP contribution in [-0.2, 0) is 4.79 Å². The number of aromatic amines is 1. The lowest BCUT2D eigenvalue weighted by atomic mass is 10.0. The van der Waals surface area contributed by atoms with Crippen LogP contribution >= 0.6 is 0 Å². The monoisotopic (exact) mass is 328 g/mol. The van der Waals surface area contributed by atoms with Crippen LogP contribution in [0.5, 0.6) is 0 Å². The Balaban J connectivity index is 1.47. The quantitative estimate of drug-likeness (QED) is 0.878. The second-order valence-corrected chi connectivity index (χ2v) is 7.14. The number of carbonyl (C=O) groups is 1. The summed E-state index contributed by atoms with van der Waals surface area (Å²) in [6.45, 7) is 1.45. The van der Waals surface area contributed by atoms with Crippen LogP contribution in [0.2, 0.25) is 0 Å². The van der Waals surface area contributed by atoms with Crippen molar-refractivity contribution in [2.75, 3.05) is 13.1 Å². The number of benzene rings is 1. The molecule has 1 aliphatic heterocycles. The number of nitrogens with one attached hydrogen (secondary N) is 1. The first-order valence-corrected chi connectivity index (χ1v) is 8.87. The highest BCUT2D eigenvalue weighted by molar-refractivity contribution is 5.79. The molecule has 2 heterocycles. The van der Waals surface area contributed by atoms with Gasteiger partial charge in [0.25, 0.3) is 0 Å². The van der Waals surface area contributed by atoms with E-state index in [0.717, 1.165) is 56.2 Å². The number of fused-ring (bicyclic) bond motifs is 1. The molecule has 2 fully saturated rings. The maximum Gasteiger partial charge on any atom is 0.326 e. The lowest BCUT2D eigenvalue weighted by molar-refractivity contribution is -0.136. The number of rotatable bonds is 2. The van der Waals surface area contributed by atoms with Gasteiger partial charge in [-0.3, -0.25) is 9.36 Å². The van der Waals surface area contributed by atoms with E-state index < -0.39 is 0 Å². The van der Waals surface area contributed by atoms with Crippen molar-refractivity contribution < 1.29 is 4.79 Å². The number of nitrogens with zero attached hydrogens (tertiary/aromatic N) is 2. The first-order valence-electron chi connectivity index (χ1n) is 8.87. The Kier molecular flexibility index (Phi) is 3.92. The summed E-state index contributed by atoms with van der Waals surface area (Å²) >= 11 is 0. The molecule has 1 saturated carbocycles. The number of para-hydroxylation sites is 2. The van der Waals surface area contributed by atoms with E-state index in [1.807, 2.05) is 33.7 Å². The zero-order valence-corrected chi connectivity index (χ0v) is 13.8. The molecule has 4 rings (SSSR count). The van der Waals surface area contributed by atoms with Gasteiger partial charge in [-0.2, -0.15) is 0 Å². The number of imidazole rings is 1. The van der Waals surface area contributed by atoms with Crippen molar-refractivity contribution in [2.45, 2.75) is 44.2 Å². The lowest BCUT2D eigenvalue weighted by Crippen LogP contribution is -2.43. The Bertz CT molecular complexity index is 801. The predicted octanol–water partition coefficient (Wildman–Crippen LogP) is 1.62. The highest BCUT2D eigenvalue weighted by Gasteiger charge is 2.33. The molecule has 1 amide bonds. The molecule has 1 aliphatic carbocycles. The molecule has 2 atom stereocenters. The molecule has 6 nitrogen and oxygen atoms in total. The van der Waals surface area contributed by atoms with Crippen LogP contribution in [0, 0.1) is 5.92 Å². The van der Waals surface area contributed by atoms with E-state index in [2.05, 4.69) is 4.98 Å². The molecule has 0 radical (unpaired) electrons. The van der Waals surface area contributed by atoms with E-state index in [0.29, 0.717) is 0 Å². The summed E-state index contributed by atoms with van der Waals surface area (Å²) < 4.78 is 1.86. The molecule has 0 spiro atoms. The predicted molar refractivity (Wildman–Crippen MR) is 92.7 cm³/mol. The van der Waals surface area contributed by atoms with Gasteiger partial charge in [0.2, 0.25) is 5.91 Å². The van der Waals surface area contributed by atoms with Crippen molar-refractivity contribution in [2.24, 2.45) is 11.7 Å². The number of amides is 1. The summed E-state index contributed by atoms with van der Waals surface area (Å²) in [6.07, 6.45) is 4.35. The summed E-state index contributed by atoms with van der Waals surface area (Å²) in [4.78, 5) is 29.8. The maximum absolute atomic E-state index is 12.6. The fourth-order valence-electron chi connectivity index (χ4n) is 4.28. The van der Waals surface area contributed by atoms with Gasteiger partial charge in [0.05, 0.1) is 11.0 Å². The van der Waals surface area contributed by atoms with E-state index in [4.69, 9.17) is 5.73 Å². The zero-order valence-electron chi connectivity index (χ0n) is 13.8. The molecular formula is C18H24N4O2. The minimum atomic E-state index is -0.0530. The van der Waals surface area contributed by atoms with Crippen LogP contribution in [-0.4, -0.2) is 39.5 Å². The lowest BCUT2D eigenvalue weighted by Gasteiger charge is -2.34. The van der Waals surface area contributed by atoms with Crippen LogP contribution in [0.3, 0.4) is 0 Å². The Morgan fingerprint density at radius 3 is 2.58 bits per heavy atom. The number of hydrogen-bond acceptors (Lipinski definition) is 3. The number of likely N-dealkylation sites (tertiary alicyclic amines) is 1. The van der Waals surface area contributed by atoms with Crippen LogP contribution in [0.25, 0.3) is 11.0 Å². The second-order valence-electron chi connectivity index (χ2n) is 7.14. The normalized spacial score (nSPS) is 25.5. The minimum Gasteiger partial charge on any atom is -0.342 e.